The van der Waals surface area contributed by atoms with Gasteiger partial charge in [0, 0.05) is 18.4 Å². The number of hydrogen-bond acceptors (Lipinski definition) is 5. The highest BCUT2D eigenvalue weighted by Crippen LogP contribution is 2.41. The van der Waals surface area contributed by atoms with E-state index in [1.807, 2.05) is 0 Å². The van der Waals surface area contributed by atoms with Crippen LogP contribution in [0.3, 0.4) is 0 Å². The molecule has 1 heterocycles. The fraction of sp³-hybridized carbons (Fsp3) is 0.643. The molecule has 0 aliphatic rings. The highest BCUT2D eigenvalue weighted by molar-refractivity contribution is 5.26. The van der Waals surface area contributed by atoms with E-state index >= 15 is 0 Å². The van der Waals surface area contributed by atoms with E-state index in [1.54, 1.807) is 12.1 Å². The Kier molecular flexibility index (Phi) is 4.89. The Labute approximate surface area is 125 Å². The number of aliphatic hydroxyl groups is 1. The van der Waals surface area contributed by atoms with Crippen LogP contribution in [0.1, 0.15) is 51.0 Å². The highest BCUT2D eigenvalue weighted by atomic mass is 19.4. The van der Waals surface area contributed by atoms with Gasteiger partial charge in [-0.25, -0.2) is 0 Å². The molecule has 1 aromatic rings. The third-order valence-electron chi connectivity index (χ3n) is 3.52. The predicted molar refractivity (Wildman–Crippen MR) is 69.1 cm³/mol. The van der Waals surface area contributed by atoms with Crippen molar-refractivity contribution in [2.45, 2.75) is 51.3 Å². The summed E-state index contributed by atoms with van der Waals surface area (Å²) in [4.78, 5) is 0. The van der Waals surface area contributed by atoms with Gasteiger partial charge in [-0.15, -0.1) is 0 Å². The molecule has 0 radical (unpaired) electrons. The van der Waals surface area contributed by atoms with Crippen LogP contribution >= 0.6 is 0 Å². The first kappa shape index (κ1) is 18.0. The second-order valence-electron chi connectivity index (χ2n) is 5.71. The summed E-state index contributed by atoms with van der Waals surface area (Å²) in [6, 6.07) is 4.71. The predicted octanol–water partition coefficient (Wildman–Crippen LogP) is 3.38. The second-order valence-corrected chi connectivity index (χ2v) is 5.71. The molecular formula is C14H16F3N3O2. The minimum Gasteiger partial charge on any atom is -0.382 e. The number of nitriles is 2. The summed E-state index contributed by atoms with van der Waals surface area (Å²) in [6.07, 6.45) is -6.36. The maximum atomic E-state index is 12.4. The molecule has 0 bridgehead atoms. The molecule has 0 aromatic carbocycles. The lowest BCUT2D eigenvalue weighted by atomic mass is 9.73. The summed E-state index contributed by atoms with van der Waals surface area (Å²) in [6.45, 7) is 4.34. The van der Waals surface area contributed by atoms with Crippen LogP contribution in [-0.4, -0.2) is 16.4 Å². The largest absolute Gasteiger partial charge is 0.389 e. The first-order chi connectivity index (χ1) is 9.95. The van der Waals surface area contributed by atoms with Gasteiger partial charge in [0.2, 0.25) is 0 Å². The van der Waals surface area contributed by atoms with E-state index < -0.39 is 36.0 Å². The molecule has 22 heavy (non-hydrogen) atoms. The Morgan fingerprint density at radius 1 is 1.27 bits per heavy atom. The van der Waals surface area contributed by atoms with Crippen molar-refractivity contribution in [2.75, 3.05) is 0 Å². The maximum absolute atomic E-state index is 12.4. The molecule has 1 aromatic heterocycles. The summed E-state index contributed by atoms with van der Waals surface area (Å²) >= 11 is 0. The quantitative estimate of drug-likeness (QED) is 0.899. The molecule has 1 rings (SSSR count). The Morgan fingerprint density at radius 3 is 2.18 bits per heavy atom. The maximum Gasteiger partial charge on any atom is 0.389 e. The van der Waals surface area contributed by atoms with E-state index in [2.05, 4.69) is 5.16 Å². The Morgan fingerprint density at radius 2 is 1.82 bits per heavy atom. The van der Waals surface area contributed by atoms with Crippen LogP contribution in [0.4, 0.5) is 13.2 Å². The number of hydrogen-bond donors (Lipinski definition) is 1. The van der Waals surface area contributed by atoms with Crippen LogP contribution in [-0.2, 0) is 5.60 Å². The molecular weight excluding hydrogens is 299 g/mol. The minimum atomic E-state index is -4.46. The first-order valence-corrected chi connectivity index (χ1v) is 6.54. The Bertz CT molecular complexity index is 589. The summed E-state index contributed by atoms with van der Waals surface area (Å²) < 4.78 is 42.1. The SMILES string of the molecule is CC(c1cc(C(C)(C)O)on1)C(C#N)(C#N)CCC(F)(F)F. The number of alkyl halides is 3. The summed E-state index contributed by atoms with van der Waals surface area (Å²) in [5.41, 5.74) is -3.04. The molecule has 0 fully saturated rings. The Hall–Kier alpha value is -2.06. The summed E-state index contributed by atoms with van der Waals surface area (Å²) in [5.74, 6) is -0.792. The van der Waals surface area contributed by atoms with E-state index in [0.717, 1.165) is 0 Å². The van der Waals surface area contributed by atoms with Crippen LogP contribution in [0.15, 0.2) is 10.6 Å². The number of nitrogens with zero attached hydrogens (tertiary/aromatic N) is 3. The van der Waals surface area contributed by atoms with Gasteiger partial charge >= 0.3 is 6.18 Å². The van der Waals surface area contributed by atoms with Gasteiger partial charge < -0.3 is 9.63 Å². The topological polar surface area (TPSA) is 93.8 Å². The van der Waals surface area contributed by atoms with Gasteiger partial charge in [0.05, 0.1) is 17.8 Å². The zero-order valence-electron chi connectivity index (χ0n) is 12.4. The van der Waals surface area contributed by atoms with Crippen molar-refractivity contribution >= 4 is 0 Å². The van der Waals surface area contributed by atoms with E-state index in [0.29, 0.717) is 0 Å². The van der Waals surface area contributed by atoms with Gasteiger partial charge in [-0.1, -0.05) is 12.1 Å². The lowest BCUT2D eigenvalue weighted by molar-refractivity contribution is -0.138. The van der Waals surface area contributed by atoms with Crippen molar-refractivity contribution in [2.24, 2.45) is 5.41 Å². The monoisotopic (exact) mass is 315 g/mol. The normalized spacial score (nSPS) is 14.2. The van der Waals surface area contributed by atoms with Crippen molar-refractivity contribution in [3.8, 4) is 12.1 Å². The molecule has 8 heteroatoms. The van der Waals surface area contributed by atoms with E-state index in [-0.39, 0.29) is 11.5 Å². The zero-order valence-corrected chi connectivity index (χ0v) is 12.4. The summed E-state index contributed by atoms with van der Waals surface area (Å²) in [7, 11) is 0. The average molecular weight is 315 g/mol. The molecule has 0 aliphatic carbocycles. The van der Waals surface area contributed by atoms with Gasteiger partial charge in [0.1, 0.15) is 5.60 Å². The van der Waals surface area contributed by atoms with Crippen molar-refractivity contribution in [1.82, 2.24) is 5.16 Å². The molecule has 1 unspecified atom stereocenters. The molecule has 0 amide bonds. The number of halogens is 3. The molecule has 0 spiro atoms. The lowest BCUT2D eigenvalue weighted by Gasteiger charge is -2.24. The van der Waals surface area contributed by atoms with Crippen LogP contribution < -0.4 is 0 Å². The fourth-order valence-corrected chi connectivity index (χ4v) is 1.92. The molecule has 5 nitrogen and oxygen atoms in total. The van der Waals surface area contributed by atoms with Crippen molar-refractivity contribution in [1.29, 1.82) is 10.5 Å². The van der Waals surface area contributed by atoms with Gasteiger partial charge in [-0.3, -0.25) is 0 Å². The average Bonchev–Trinajstić information content (AvgIpc) is 2.88. The third-order valence-corrected chi connectivity index (χ3v) is 3.52. The van der Waals surface area contributed by atoms with Crippen LogP contribution in [0.2, 0.25) is 0 Å². The third kappa shape index (κ3) is 3.99. The minimum absolute atomic E-state index is 0.106. The first-order valence-electron chi connectivity index (χ1n) is 6.54. The van der Waals surface area contributed by atoms with Crippen LogP contribution in [0, 0.1) is 28.1 Å². The zero-order chi connectivity index (χ0) is 17.2. The van der Waals surface area contributed by atoms with Crippen molar-refractivity contribution in [3.63, 3.8) is 0 Å². The molecule has 120 valence electrons. The van der Waals surface area contributed by atoms with Gasteiger partial charge in [-0.2, -0.15) is 23.7 Å². The van der Waals surface area contributed by atoms with E-state index in [9.17, 15) is 28.8 Å². The second kappa shape index (κ2) is 5.98. The van der Waals surface area contributed by atoms with Gasteiger partial charge in [0.25, 0.3) is 0 Å². The fourth-order valence-electron chi connectivity index (χ4n) is 1.92. The molecule has 0 saturated carbocycles. The standard InChI is InChI=1S/C14H16F3N3O2/c1-9(10-6-11(22-20-10)12(2,3)21)13(7-18,8-19)4-5-14(15,16)17/h6,9,21H,4-5H2,1-3H3. The summed E-state index contributed by atoms with van der Waals surface area (Å²) in [5, 5.41) is 31.9. The van der Waals surface area contributed by atoms with Gasteiger partial charge in [-0.05, 0) is 20.3 Å². The van der Waals surface area contributed by atoms with E-state index in [4.69, 9.17) is 4.52 Å². The molecule has 0 aliphatic heterocycles. The molecule has 0 saturated heterocycles. The van der Waals surface area contributed by atoms with Crippen LogP contribution in [0.5, 0.6) is 0 Å². The number of aromatic nitrogens is 1. The molecule has 1 atom stereocenters. The number of rotatable bonds is 5. The molecule has 1 N–H and O–H groups in total. The van der Waals surface area contributed by atoms with E-state index in [1.165, 1.54) is 26.8 Å². The lowest BCUT2D eigenvalue weighted by Crippen LogP contribution is -2.26. The highest BCUT2D eigenvalue weighted by Gasteiger charge is 2.43. The Balaban J connectivity index is 3.09. The van der Waals surface area contributed by atoms with Crippen molar-refractivity contribution in [3.05, 3.63) is 17.5 Å². The smallest absolute Gasteiger partial charge is 0.382 e. The van der Waals surface area contributed by atoms with Gasteiger partial charge in [0.15, 0.2) is 11.2 Å². The van der Waals surface area contributed by atoms with Crippen molar-refractivity contribution < 1.29 is 22.8 Å². The van der Waals surface area contributed by atoms with Crippen LogP contribution in [0.25, 0.3) is 0 Å².